The molecule has 0 aliphatic carbocycles. The van der Waals surface area contributed by atoms with E-state index in [1.165, 1.54) is 17.2 Å². The first kappa shape index (κ1) is 23.7. The van der Waals surface area contributed by atoms with Crippen molar-refractivity contribution in [2.75, 3.05) is 13.2 Å². The molecule has 0 spiro atoms. The molecular weight excluding hydrogens is 468 g/mol. The number of H-pyrrole nitrogens is 1. The van der Waals surface area contributed by atoms with E-state index in [-0.39, 0.29) is 17.9 Å². The molecule has 192 valence electrons. The van der Waals surface area contributed by atoms with Gasteiger partial charge in [-0.3, -0.25) is 4.79 Å². The number of para-hydroxylation sites is 1. The topological polar surface area (TPSA) is 145 Å². The van der Waals surface area contributed by atoms with E-state index in [9.17, 15) is 25.2 Å². The van der Waals surface area contributed by atoms with Gasteiger partial charge in [0.05, 0.1) is 24.5 Å². The van der Waals surface area contributed by atoms with E-state index < -0.39 is 49.5 Å². The number of ether oxygens (including phenoxy) is 3. The van der Waals surface area contributed by atoms with Crippen LogP contribution >= 0.6 is 0 Å². The number of benzene rings is 1. The summed E-state index contributed by atoms with van der Waals surface area (Å²) < 4.78 is 17.2. The Morgan fingerprint density at radius 1 is 1.17 bits per heavy atom. The van der Waals surface area contributed by atoms with Crippen LogP contribution in [0.3, 0.4) is 0 Å². The normalized spacial score (nSPS) is 38.0. The van der Waals surface area contributed by atoms with Crippen LogP contribution < -0.4 is 0 Å². The largest absolute Gasteiger partial charge is 0.471 e. The summed E-state index contributed by atoms with van der Waals surface area (Å²) in [4.78, 5) is 19.0. The van der Waals surface area contributed by atoms with Gasteiger partial charge in [0.1, 0.15) is 24.4 Å². The van der Waals surface area contributed by atoms with Crippen LogP contribution in [0.5, 0.6) is 0 Å². The summed E-state index contributed by atoms with van der Waals surface area (Å²) >= 11 is 0. The quantitative estimate of drug-likeness (QED) is 0.383. The predicted octanol–water partition coefficient (Wildman–Crippen LogP) is 0.473. The fourth-order valence-corrected chi connectivity index (χ4v) is 6.13. The van der Waals surface area contributed by atoms with Crippen molar-refractivity contribution in [3.05, 3.63) is 60.0 Å². The zero-order valence-electron chi connectivity index (χ0n) is 19.6. The number of carbonyl (C=O) groups excluding carboxylic acids is 1. The second kappa shape index (κ2) is 8.98. The molecule has 9 atom stereocenters. The van der Waals surface area contributed by atoms with Gasteiger partial charge >= 0.3 is 0 Å². The molecule has 1 amide bonds. The number of aliphatic hydroxyl groups excluding tert-OH is 4. The SMILES string of the molecule is C=C[C@H]1[C@H](O[C@H]2O[C@@H](CO)[C@H](O)[C@@H](O)[C@@H]2O)OC=C2C(=O)N3CCc4c([nH]c5ccccc45)[C@@H]3C[C@H]21. The van der Waals surface area contributed by atoms with E-state index >= 15 is 0 Å². The molecule has 0 saturated carbocycles. The van der Waals surface area contributed by atoms with Crippen LogP contribution in [0.1, 0.15) is 23.7 Å². The lowest BCUT2D eigenvalue weighted by atomic mass is 9.74. The molecule has 1 aromatic carbocycles. The van der Waals surface area contributed by atoms with Crippen molar-refractivity contribution in [1.29, 1.82) is 0 Å². The molecule has 0 bridgehead atoms. The number of aromatic nitrogens is 1. The number of nitrogens with zero attached hydrogens (tertiary/aromatic N) is 1. The van der Waals surface area contributed by atoms with Crippen molar-refractivity contribution in [2.45, 2.75) is 55.9 Å². The van der Waals surface area contributed by atoms with Crippen molar-refractivity contribution in [2.24, 2.45) is 11.8 Å². The van der Waals surface area contributed by atoms with Crippen LogP contribution in [-0.4, -0.2) is 86.4 Å². The second-order valence-corrected chi connectivity index (χ2v) is 9.89. The molecule has 10 nitrogen and oxygen atoms in total. The molecule has 36 heavy (non-hydrogen) atoms. The number of amides is 1. The molecule has 0 unspecified atom stereocenters. The zero-order chi connectivity index (χ0) is 25.1. The third-order valence-electron chi connectivity index (χ3n) is 8.04. The van der Waals surface area contributed by atoms with Crippen LogP contribution in [0.4, 0.5) is 0 Å². The monoisotopic (exact) mass is 498 g/mol. The minimum absolute atomic E-state index is 0.0845. The summed E-state index contributed by atoms with van der Waals surface area (Å²) in [7, 11) is 0. The molecular formula is C26H30N2O8. The second-order valence-electron chi connectivity index (χ2n) is 9.89. The molecule has 10 heteroatoms. The van der Waals surface area contributed by atoms with E-state index in [0.717, 1.165) is 17.6 Å². The molecule has 4 aliphatic heterocycles. The average Bonchev–Trinajstić information content (AvgIpc) is 3.28. The lowest BCUT2D eigenvalue weighted by molar-refractivity contribution is -0.339. The fraction of sp³-hybridized carbons (Fsp3) is 0.500. The number of aromatic amines is 1. The lowest BCUT2D eigenvalue weighted by Crippen LogP contribution is -2.60. The van der Waals surface area contributed by atoms with E-state index in [4.69, 9.17) is 14.2 Å². The van der Waals surface area contributed by atoms with Crippen LogP contribution in [0.2, 0.25) is 0 Å². The molecule has 2 aromatic rings. The number of carbonyl (C=O) groups is 1. The predicted molar refractivity (Wildman–Crippen MR) is 126 cm³/mol. The number of rotatable bonds is 4. The summed E-state index contributed by atoms with van der Waals surface area (Å²) in [5, 5.41) is 41.3. The van der Waals surface area contributed by atoms with Gasteiger partial charge in [0.2, 0.25) is 6.29 Å². The summed E-state index contributed by atoms with van der Waals surface area (Å²) in [6, 6.07) is 8.01. The van der Waals surface area contributed by atoms with Crippen molar-refractivity contribution in [3.63, 3.8) is 0 Å². The van der Waals surface area contributed by atoms with Gasteiger partial charge in [-0.25, -0.2) is 0 Å². The van der Waals surface area contributed by atoms with E-state index in [2.05, 4.69) is 17.6 Å². The van der Waals surface area contributed by atoms with Gasteiger partial charge in [0.25, 0.3) is 5.91 Å². The highest BCUT2D eigenvalue weighted by molar-refractivity contribution is 5.96. The number of aliphatic hydroxyl groups is 4. The van der Waals surface area contributed by atoms with Crippen molar-refractivity contribution in [1.82, 2.24) is 9.88 Å². The summed E-state index contributed by atoms with van der Waals surface area (Å²) in [6.45, 7) is 4.01. The van der Waals surface area contributed by atoms with Crippen molar-refractivity contribution >= 4 is 16.8 Å². The van der Waals surface area contributed by atoms with Gasteiger partial charge in [-0.15, -0.1) is 6.58 Å². The highest BCUT2D eigenvalue weighted by Gasteiger charge is 2.51. The van der Waals surface area contributed by atoms with Gasteiger partial charge in [0, 0.05) is 35.0 Å². The Hall–Kier alpha value is -2.73. The summed E-state index contributed by atoms with van der Waals surface area (Å²) in [5.41, 5.74) is 3.89. The average molecular weight is 499 g/mol. The highest BCUT2D eigenvalue weighted by atomic mass is 16.8. The zero-order valence-corrected chi connectivity index (χ0v) is 19.6. The number of nitrogens with one attached hydrogen (secondary N) is 1. The van der Waals surface area contributed by atoms with Gasteiger partial charge in [-0.1, -0.05) is 24.3 Å². The maximum atomic E-state index is 13.5. The minimum Gasteiger partial charge on any atom is -0.471 e. The summed E-state index contributed by atoms with van der Waals surface area (Å²) in [6.07, 6.45) is -3.53. The number of fused-ring (bicyclic) bond motifs is 6. The molecule has 0 radical (unpaired) electrons. The molecule has 2 saturated heterocycles. The molecule has 1 aromatic heterocycles. The third-order valence-corrected chi connectivity index (χ3v) is 8.04. The van der Waals surface area contributed by atoms with Crippen LogP contribution in [0.15, 0.2) is 48.8 Å². The van der Waals surface area contributed by atoms with Crippen molar-refractivity contribution in [3.8, 4) is 0 Å². The first-order valence-corrected chi connectivity index (χ1v) is 12.3. The number of piperidine rings is 1. The van der Waals surface area contributed by atoms with E-state index in [1.807, 2.05) is 23.1 Å². The Labute approximate surface area is 207 Å². The fourth-order valence-electron chi connectivity index (χ4n) is 6.13. The highest BCUT2D eigenvalue weighted by Crippen LogP contribution is 2.48. The van der Waals surface area contributed by atoms with Gasteiger partial charge in [0.15, 0.2) is 6.29 Å². The minimum atomic E-state index is -1.56. The Kier molecular flexibility index (Phi) is 5.90. The van der Waals surface area contributed by atoms with Gasteiger partial charge in [-0.2, -0.15) is 0 Å². The Morgan fingerprint density at radius 2 is 1.97 bits per heavy atom. The van der Waals surface area contributed by atoms with E-state index in [0.29, 0.717) is 18.5 Å². The Balaban J connectivity index is 1.28. The Bertz CT molecular complexity index is 1210. The Morgan fingerprint density at radius 3 is 2.75 bits per heavy atom. The standard InChI is InChI=1S/C26H30N2O8/c1-2-12-15-9-18-20-14(13-5-3-4-6-17(13)27-20)7-8-28(18)24(33)16(15)11-34-25(12)36-26-23(32)22(31)21(30)19(10-29)35-26/h2-6,11-12,15,18-19,21-23,25-27,29-32H,1,7-10H2/t12-,15+,18+,19+,21+,22-,23+,25+,26-/m1/s1. The molecule has 6 rings (SSSR count). The van der Waals surface area contributed by atoms with Crippen LogP contribution in [-0.2, 0) is 25.4 Å². The number of hydrogen-bond donors (Lipinski definition) is 5. The van der Waals surface area contributed by atoms with Crippen LogP contribution in [0.25, 0.3) is 10.9 Å². The molecule has 5 N–H and O–H groups in total. The maximum absolute atomic E-state index is 13.5. The van der Waals surface area contributed by atoms with Gasteiger partial charge in [-0.05, 0) is 24.5 Å². The smallest absolute Gasteiger partial charge is 0.253 e. The third kappa shape index (κ3) is 3.52. The molecule has 2 fully saturated rings. The maximum Gasteiger partial charge on any atom is 0.253 e. The van der Waals surface area contributed by atoms with Crippen LogP contribution in [0, 0.1) is 11.8 Å². The first-order valence-electron chi connectivity index (χ1n) is 12.3. The van der Waals surface area contributed by atoms with Gasteiger partial charge < -0.3 is 44.5 Å². The number of hydrogen-bond acceptors (Lipinski definition) is 8. The molecule has 4 aliphatic rings. The van der Waals surface area contributed by atoms with E-state index in [1.54, 1.807) is 6.08 Å². The summed E-state index contributed by atoms with van der Waals surface area (Å²) in [5.74, 6) is -0.783. The first-order chi connectivity index (χ1) is 17.4. The lowest BCUT2D eigenvalue weighted by Gasteiger charge is -2.48. The van der Waals surface area contributed by atoms with Crippen molar-refractivity contribution < 1.29 is 39.4 Å². The molecule has 5 heterocycles.